The average molecular weight is 182 g/mol. The second-order valence-electron chi connectivity index (χ2n) is 3.25. The summed E-state index contributed by atoms with van der Waals surface area (Å²) in [5, 5.41) is 0. The Balaban J connectivity index is 2.70. The molecule has 0 aromatic heterocycles. The fraction of sp³-hybridized carbons (Fsp3) is 1.00. The molecule has 1 heterocycles. The van der Waals surface area contributed by atoms with Crippen molar-refractivity contribution in [1.82, 2.24) is 4.90 Å². The van der Waals surface area contributed by atoms with Crippen molar-refractivity contribution in [1.29, 1.82) is 0 Å². The monoisotopic (exact) mass is 182 g/mol. The molecular weight excluding hydrogens is 169 g/mol. The highest BCUT2D eigenvalue weighted by Crippen LogP contribution is 2.34. The highest BCUT2D eigenvalue weighted by Gasteiger charge is 2.49. The van der Waals surface area contributed by atoms with Crippen LogP contribution in [0.2, 0.25) is 0 Å². The third-order valence-corrected chi connectivity index (χ3v) is 2.41. The van der Waals surface area contributed by atoms with E-state index in [2.05, 4.69) is 0 Å². The van der Waals surface area contributed by atoms with Crippen molar-refractivity contribution in [3.8, 4) is 0 Å². The van der Waals surface area contributed by atoms with E-state index in [-0.39, 0.29) is 6.54 Å². The second-order valence-corrected chi connectivity index (χ2v) is 3.25. The summed E-state index contributed by atoms with van der Waals surface area (Å²) in [6, 6.07) is -1.33. The summed E-state index contributed by atoms with van der Waals surface area (Å²) in [6.07, 6.45) is -3.58. The lowest BCUT2D eigenvalue weighted by atomic mass is 10.0. The highest BCUT2D eigenvalue weighted by atomic mass is 19.4. The van der Waals surface area contributed by atoms with Crippen molar-refractivity contribution in [3.63, 3.8) is 0 Å². The van der Waals surface area contributed by atoms with E-state index in [4.69, 9.17) is 5.73 Å². The summed E-state index contributed by atoms with van der Waals surface area (Å²) in [6.45, 7) is 0.612. The molecule has 0 unspecified atom stereocenters. The van der Waals surface area contributed by atoms with Gasteiger partial charge in [0.05, 0.1) is 0 Å². The Bertz CT molecular complexity index is 157. The van der Waals surface area contributed by atoms with Crippen molar-refractivity contribution in [2.75, 3.05) is 20.1 Å². The number of hydrogen-bond donors (Lipinski definition) is 1. The van der Waals surface area contributed by atoms with Crippen LogP contribution in [0.4, 0.5) is 13.2 Å². The first kappa shape index (κ1) is 9.80. The van der Waals surface area contributed by atoms with Crippen molar-refractivity contribution >= 4 is 0 Å². The number of likely N-dealkylation sites (tertiary alicyclic amines) is 1. The van der Waals surface area contributed by atoms with Crippen LogP contribution in [0.3, 0.4) is 0 Å². The fourth-order valence-electron chi connectivity index (χ4n) is 1.79. The zero-order chi connectivity index (χ0) is 9.35. The summed E-state index contributed by atoms with van der Waals surface area (Å²) in [7, 11) is 1.49. The summed E-state index contributed by atoms with van der Waals surface area (Å²) >= 11 is 0. The number of nitrogens with two attached hydrogens (primary N) is 1. The molecule has 2 atom stereocenters. The molecule has 0 aliphatic carbocycles. The van der Waals surface area contributed by atoms with E-state index >= 15 is 0 Å². The van der Waals surface area contributed by atoms with Gasteiger partial charge >= 0.3 is 6.18 Å². The zero-order valence-corrected chi connectivity index (χ0v) is 6.93. The maximum atomic E-state index is 12.4. The number of alkyl halides is 3. The second kappa shape index (κ2) is 3.22. The van der Waals surface area contributed by atoms with Gasteiger partial charge in [-0.25, -0.2) is 0 Å². The van der Waals surface area contributed by atoms with Gasteiger partial charge in [-0.1, -0.05) is 0 Å². The number of halogens is 3. The molecule has 2 N–H and O–H groups in total. The minimum Gasteiger partial charge on any atom is -0.330 e. The number of hydrogen-bond acceptors (Lipinski definition) is 2. The van der Waals surface area contributed by atoms with Gasteiger partial charge in [0.1, 0.15) is 6.04 Å². The minimum atomic E-state index is -4.13. The van der Waals surface area contributed by atoms with Crippen LogP contribution in [0.5, 0.6) is 0 Å². The molecule has 12 heavy (non-hydrogen) atoms. The van der Waals surface area contributed by atoms with Crippen molar-refractivity contribution < 1.29 is 13.2 Å². The van der Waals surface area contributed by atoms with E-state index < -0.39 is 18.1 Å². The Kier molecular flexibility index (Phi) is 2.63. The Labute approximate surface area is 69.5 Å². The molecule has 5 heteroatoms. The van der Waals surface area contributed by atoms with Crippen LogP contribution >= 0.6 is 0 Å². The Morgan fingerprint density at radius 2 is 2.08 bits per heavy atom. The fourth-order valence-corrected chi connectivity index (χ4v) is 1.79. The lowest BCUT2D eigenvalue weighted by Crippen LogP contribution is -2.44. The summed E-state index contributed by atoms with van der Waals surface area (Å²) in [5.41, 5.74) is 5.26. The van der Waals surface area contributed by atoms with E-state index in [9.17, 15) is 13.2 Å². The number of rotatable bonds is 1. The summed E-state index contributed by atoms with van der Waals surface area (Å²) in [4.78, 5) is 1.33. The lowest BCUT2D eigenvalue weighted by Gasteiger charge is -2.26. The first-order chi connectivity index (χ1) is 5.46. The summed E-state index contributed by atoms with van der Waals surface area (Å²) < 4.78 is 37.1. The molecule has 0 bridgehead atoms. The van der Waals surface area contributed by atoms with Crippen LogP contribution < -0.4 is 5.73 Å². The van der Waals surface area contributed by atoms with Gasteiger partial charge < -0.3 is 5.73 Å². The first-order valence-corrected chi connectivity index (χ1v) is 3.94. The maximum Gasteiger partial charge on any atom is 0.404 e. The summed E-state index contributed by atoms with van der Waals surface area (Å²) in [5.74, 6) is -0.421. The topological polar surface area (TPSA) is 29.3 Å². The molecule has 2 nitrogen and oxygen atoms in total. The molecule has 1 saturated heterocycles. The molecule has 72 valence electrons. The molecule has 0 amide bonds. The zero-order valence-electron chi connectivity index (χ0n) is 6.93. The van der Waals surface area contributed by atoms with Crippen molar-refractivity contribution in [2.45, 2.75) is 18.6 Å². The molecular formula is C7H13F3N2. The molecule has 0 aromatic rings. The molecule has 0 saturated carbocycles. The van der Waals surface area contributed by atoms with E-state index in [0.29, 0.717) is 13.0 Å². The van der Waals surface area contributed by atoms with Crippen LogP contribution in [0.15, 0.2) is 0 Å². The minimum absolute atomic E-state index is 0.120. The Morgan fingerprint density at radius 3 is 2.42 bits per heavy atom. The van der Waals surface area contributed by atoms with Gasteiger partial charge in [-0.2, -0.15) is 13.2 Å². The lowest BCUT2D eigenvalue weighted by molar-refractivity contribution is -0.181. The number of nitrogens with zero attached hydrogens (tertiary/aromatic N) is 1. The van der Waals surface area contributed by atoms with Crippen LogP contribution in [0.1, 0.15) is 6.42 Å². The van der Waals surface area contributed by atoms with E-state index in [1.165, 1.54) is 11.9 Å². The smallest absolute Gasteiger partial charge is 0.330 e. The van der Waals surface area contributed by atoms with Gasteiger partial charge in [0.15, 0.2) is 0 Å². The Morgan fingerprint density at radius 1 is 1.50 bits per heavy atom. The predicted molar refractivity (Wildman–Crippen MR) is 39.6 cm³/mol. The van der Waals surface area contributed by atoms with Crippen LogP contribution in [-0.2, 0) is 0 Å². The Hall–Kier alpha value is -0.290. The molecule has 0 aromatic carbocycles. The highest BCUT2D eigenvalue weighted by molar-refractivity contribution is 4.90. The van der Waals surface area contributed by atoms with Crippen LogP contribution in [-0.4, -0.2) is 37.3 Å². The largest absolute Gasteiger partial charge is 0.404 e. The van der Waals surface area contributed by atoms with Gasteiger partial charge in [-0.3, -0.25) is 4.90 Å². The van der Waals surface area contributed by atoms with Gasteiger partial charge in [0.2, 0.25) is 0 Å². The predicted octanol–water partition coefficient (Wildman–Crippen LogP) is 0.828. The normalized spacial score (nSPS) is 32.8. The van der Waals surface area contributed by atoms with E-state index in [1.54, 1.807) is 0 Å². The quantitative estimate of drug-likeness (QED) is 0.650. The maximum absolute atomic E-state index is 12.4. The van der Waals surface area contributed by atoms with Crippen molar-refractivity contribution in [2.24, 2.45) is 11.7 Å². The first-order valence-electron chi connectivity index (χ1n) is 3.94. The molecule has 1 rings (SSSR count). The van der Waals surface area contributed by atoms with Crippen LogP contribution in [0, 0.1) is 5.92 Å². The van der Waals surface area contributed by atoms with E-state index in [1.807, 2.05) is 0 Å². The standard InChI is InChI=1S/C7H13F3N2/c1-12-3-2-5(4-11)6(12)7(8,9)10/h5-6H,2-4,11H2,1H3/t5-,6-/m1/s1. The molecule has 1 aliphatic heterocycles. The van der Waals surface area contributed by atoms with Gasteiger partial charge in [0, 0.05) is 0 Å². The van der Waals surface area contributed by atoms with Gasteiger partial charge in [0.25, 0.3) is 0 Å². The molecule has 0 radical (unpaired) electrons. The molecule has 0 spiro atoms. The van der Waals surface area contributed by atoms with Gasteiger partial charge in [-0.15, -0.1) is 0 Å². The third-order valence-electron chi connectivity index (χ3n) is 2.41. The third kappa shape index (κ3) is 1.72. The average Bonchev–Trinajstić information content (AvgIpc) is 2.29. The molecule has 1 aliphatic rings. The van der Waals surface area contributed by atoms with Crippen LogP contribution in [0.25, 0.3) is 0 Å². The molecule has 1 fully saturated rings. The van der Waals surface area contributed by atoms with Crippen molar-refractivity contribution in [3.05, 3.63) is 0 Å². The van der Waals surface area contributed by atoms with E-state index in [0.717, 1.165) is 0 Å². The van der Waals surface area contributed by atoms with Gasteiger partial charge in [-0.05, 0) is 32.5 Å². The SMILES string of the molecule is CN1CC[C@H](CN)[C@@H]1C(F)(F)F.